The van der Waals surface area contributed by atoms with E-state index in [1.807, 2.05) is 13.8 Å². The van der Waals surface area contributed by atoms with Gasteiger partial charge in [-0.15, -0.1) is 0 Å². The van der Waals surface area contributed by atoms with E-state index in [0.29, 0.717) is 12.8 Å². The van der Waals surface area contributed by atoms with Crippen LogP contribution in [0, 0.1) is 0 Å². The number of nitrogens with zero attached hydrogens (tertiary/aromatic N) is 1. The number of aliphatic carboxylic acids is 1. The molecule has 0 spiro atoms. The topological polar surface area (TPSA) is 89.9 Å². The maximum absolute atomic E-state index is 12.5. The standard InChI is InChI=1S/C15H28N2O4/c1-3-12(4-2)17(10-11-18)14(21)16-15(13(19)20)8-6-5-7-9-15/h12,18H,3-11H2,1-2H3,(H,16,21)(H,19,20). The molecule has 0 radical (unpaired) electrons. The molecule has 1 aliphatic carbocycles. The Morgan fingerprint density at radius 3 is 2.19 bits per heavy atom. The molecule has 6 nitrogen and oxygen atoms in total. The molecular formula is C15H28N2O4. The lowest BCUT2D eigenvalue weighted by Crippen LogP contribution is -2.60. The van der Waals surface area contributed by atoms with E-state index in [0.717, 1.165) is 32.1 Å². The maximum atomic E-state index is 12.5. The van der Waals surface area contributed by atoms with E-state index in [2.05, 4.69) is 5.32 Å². The Morgan fingerprint density at radius 1 is 1.19 bits per heavy atom. The molecule has 6 heteroatoms. The molecule has 21 heavy (non-hydrogen) atoms. The molecule has 122 valence electrons. The van der Waals surface area contributed by atoms with Crippen molar-refractivity contribution in [3.8, 4) is 0 Å². The monoisotopic (exact) mass is 300 g/mol. The minimum absolute atomic E-state index is 0.0200. The molecule has 0 aromatic heterocycles. The molecule has 0 atom stereocenters. The van der Waals surface area contributed by atoms with Crippen LogP contribution >= 0.6 is 0 Å². The summed E-state index contributed by atoms with van der Waals surface area (Å²) >= 11 is 0. The van der Waals surface area contributed by atoms with Gasteiger partial charge in [-0.25, -0.2) is 9.59 Å². The van der Waals surface area contributed by atoms with Crippen molar-refractivity contribution in [2.45, 2.75) is 70.4 Å². The Kier molecular flexibility index (Phi) is 6.95. The number of hydrogen-bond acceptors (Lipinski definition) is 3. The van der Waals surface area contributed by atoms with Crippen molar-refractivity contribution < 1.29 is 19.8 Å². The molecule has 2 amide bonds. The van der Waals surface area contributed by atoms with Crippen LogP contribution in [0.4, 0.5) is 4.79 Å². The van der Waals surface area contributed by atoms with Gasteiger partial charge >= 0.3 is 12.0 Å². The summed E-state index contributed by atoms with van der Waals surface area (Å²) in [6.45, 7) is 4.08. The largest absolute Gasteiger partial charge is 0.480 e. The maximum Gasteiger partial charge on any atom is 0.329 e. The number of amides is 2. The van der Waals surface area contributed by atoms with Crippen molar-refractivity contribution in [3.05, 3.63) is 0 Å². The zero-order valence-electron chi connectivity index (χ0n) is 13.1. The van der Waals surface area contributed by atoms with E-state index >= 15 is 0 Å². The van der Waals surface area contributed by atoms with Crippen molar-refractivity contribution in [1.29, 1.82) is 0 Å². The smallest absolute Gasteiger partial charge is 0.329 e. The molecular weight excluding hydrogens is 272 g/mol. The molecule has 0 aromatic rings. The van der Waals surface area contributed by atoms with Gasteiger partial charge in [-0.1, -0.05) is 33.1 Å². The predicted molar refractivity (Wildman–Crippen MR) is 80.1 cm³/mol. The summed E-state index contributed by atoms with van der Waals surface area (Å²) in [5.74, 6) is -0.955. The van der Waals surface area contributed by atoms with E-state index in [9.17, 15) is 14.7 Å². The minimum Gasteiger partial charge on any atom is -0.480 e. The zero-order valence-corrected chi connectivity index (χ0v) is 13.1. The van der Waals surface area contributed by atoms with Crippen molar-refractivity contribution in [2.24, 2.45) is 0 Å². The normalized spacial score (nSPS) is 17.5. The third-order valence-corrected chi connectivity index (χ3v) is 4.45. The van der Waals surface area contributed by atoms with Gasteiger partial charge in [0.1, 0.15) is 5.54 Å². The van der Waals surface area contributed by atoms with Crippen molar-refractivity contribution in [2.75, 3.05) is 13.2 Å². The number of carboxylic acids is 1. The number of urea groups is 1. The second kappa shape index (κ2) is 8.22. The van der Waals surface area contributed by atoms with Crippen LogP contribution in [0.15, 0.2) is 0 Å². The second-order valence-corrected chi connectivity index (χ2v) is 5.77. The molecule has 0 aromatic carbocycles. The first-order valence-electron chi connectivity index (χ1n) is 7.93. The zero-order chi connectivity index (χ0) is 15.9. The number of aliphatic hydroxyl groups is 1. The van der Waals surface area contributed by atoms with E-state index in [4.69, 9.17) is 5.11 Å². The molecule has 0 heterocycles. The van der Waals surface area contributed by atoms with Gasteiger partial charge < -0.3 is 20.4 Å². The van der Waals surface area contributed by atoms with Crippen LogP contribution in [-0.2, 0) is 4.79 Å². The van der Waals surface area contributed by atoms with Crippen molar-refractivity contribution in [3.63, 3.8) is 0 Å². The second-order valence-electron chi connectivity index (χ2n) is 5.77. The fourth-order valence-electron chi connectivity index (χ4n) is 3.11. The van der Waals surface area contributed by atoms with Gasteiger partial charge in [-0.05, 0) is 25.7 Å². The lowest BCUT2D eigenvalue weighted by Gasteiger charge is -2.38. The SMILES string of the molecule is CCC(CC)N(CCO)C(=O)NC1(C(=O)O)CCCCC1. The number of carboxylic acid groups (broad SMARTS) is 1. The van der Waals surface area contributed by atoms with E-state index in [-0.39, 0.29) is 25.2 Å². The minimum atomic E-state index is -1.14. The summed E-state index contributed by atoms with van der Waals surface area (Å²) in [4.78, 5) is 25.7. The average molecular weight is 300 g/mol. The molecule has 1 saturated carbocycles. The predicted octanol–water partition coefficient (Wildman–Crippen LogP) is 1.97. The summed E-state index contributed by atoms with van der Waals surface area (Å²) in [6.07, 6.45) is 5.16. The average Bonchev–Trinajstić information content (AvgIpc) is 2.48. The van der Waals surface area contributed by atoms with Crippen molar-refractivity contribution in [1.82, 2.24) is 10.2 Å². The fourth-order valence-corrected chi connectivity index (χ4v) is 3.11. The first kappa shape index (κ1) is 17.8. The van der Waals surface area contributed by atoms with E-state index in [1.54, 1.807) is 4.90 Å². The molecule has 0 saturated heterocycles. The molecule has 0 bridgehead atoms. The van der Waals surface area contributed by atoms with Gasteiger partial charge in [0.15, 0.2) is 0 Å². The Bertz CT molecular complexity index is 350. The Labute approximate surface area is 126 Å². The molecule has 1 fully saturated rings. The van der Waals surface area contributed by atoms with E-state index < -0.39 is 11.5 Å². The highest BCUT2D eigenvalue weighted by Crippen LogP contribution is 2.29. The third-order valence-electron chi connectivity index (χ3n) is 4.45. The van der Waals surface area contributed by atoms with Crippen LogP contribution in [0.25, 0.3) is 0 Å². The van der Waals surface area contributed by atoms with Crippen molar-refractivity contribution >= 4 is 12.0 Å². The van der Waals surface area contributed by atoms with Crippen LogP contribution in [0.3, 0.4) is 0 Å². The van der Waals surface area contributed by atoms with Gasteiger partial charge in [0.25, 0.3) is 0 Å². The Morgan fingerprint density at radius 2 is 1.76 bits per heavy atom. The summed E-state index contributed by atoms with van der Waals surface area (Å²) in [6, 6.07) is -0.353. The van der Waals surface area contributed by atoms with Crippen LogP contribution in [-0.4, -0.2) is 51.8 Å². The quantitative estimate of drug-likeness (QED) is 0.670. The van der Waals surface area contributed by atoms with Crippen LogP contribution in [0.2, 0.25) is 0 Å². The molecule has 1 aliphatic rings. The lowest BCUT2D eigenvalue weighted by atomic mass is 9.82. The van der Waals surface area contributed by atoms with Gasteiger partial charge in [-0.2, -0.15) is 0 Å². The van der Waals surface area contributed by atoms with Crippen LogP contribution in [0.5, 0.6) is 0 Å². The lowest BCUT2D eigenvalue weighted by molar-refractivity contribution is -0.146. The Hall–Kier alpha value is -1.30. The number of carbonyl (C=O) groups is 2. The number of rotatable bonds is 7. The highest BCUT2D eigenvalue weighted by molar-refractivity contribution is 5.86. The molecule has 0 aliphatic heterocycles. The number of hydrogen-bond donors (Lipinski definition) is 3. The number of aliphatic hydroxyl groups excluding tert-OH is 1. The number of carbonyl (C=O) groups excluding carboxylic acids is 1. The first-order chi connectivity index (χ1) is 10.0. The highest BCUT2D eigenvalue weighted by Gasteiger charge is 2.42. The third kappa shape index (κ3) is 4.33. The highest BCUT2D eigenvalue weighted by atomic mass is 16.4. The van der Waals surface area contributed by atoms with E-state index in [1.165, 1.54) is 0 Å². The summed E-state index contributed by atoms with van der Waals surface area (Å²) in [5.41, 5.74) is -1.14. The Balaban J connectivity index is 2.84. The van der Waals surface area contributed by atoms with Crippen LogP contribution in [0.1, 0.15) is 58.8 Å². The summed E-state index contributed by atoms with van der Waals surface area (Å²) in [5, 5.41) is 21.4. The molecule has 3 N–H and O–H groups in total. The fraction of sp³-hybridized carbons (Fsp3) is 0.867. The molecule has 0 unspecified atom stereocenters. The van der Waals surface area contributed by atoms with Gasteiger partial charge in [-0.3, -0.25) is 0 Å². The van der Waals surface area contributed by atoms with Gasteiger partial charge in [0, 0.05) is 12.6 Å². The number of nitrogens with one attached hydrogen (secondary N) is 1. The summed E-state index contributed by atoms with van der Waals surface area (Å²) in [7, 11) is 0. The molecule has 1 rings (SSSR count). The van der Waals surface area contributed by atoms with Gasteiger partial charge in [0.05, 0.1) is 6.61 Å². The first-order valence-corrected chi connectivity index (χ1v) is 7.93. The van der Waals surface area contributed by atoms with Gasteiger partial charge in [0.2, 0.25) is 0 Å². The van der Waals surface area contributed by atoms with Crippen LogP contribution < -0.4 is 5.32 Å². The summed E-state index contributed by atoms with van der Waals surface area (Å²) < 4.78 is 0.